The van der Waals surface area contributed by atoms with Crippen LogP contribution in [-0.4, -0.2) is 31.7 Å². The molecule has 0 aliphatic heterocycles. The Morgan fingerprint density at radius 3 is 2.56 bits per heavy atom. The zero-order valence-electron chi connectivity index (χ0n) is 14.4. The Balaban J connectivity index is 2.04. The van der Waals surface area contributed by atoms with Gasteiger partial charge >= 0.3 is 12.6 Å². The molecule has 1 N–H and O–H groups in total. The van der Waals surface area contributed by atoms with E-state index in [2.05, 4.69) is 10.1 Å². The number of ether oxygens (including phenoxy) is 3. The maximum atomic E-state index is 12.3. The highest BCUT2D eigenvalue weighted by Crippen LogP contribution is 2.28. The minimum absolute atomic E-state index is 0.0341. The lowest BCUT2D eigenvalue weighted by molar-refractivity contribution is -0.123. The maximum absolute atomic E-state index is 12.3. The summed E-state index contributed by atoms with van der Waals surface area (Å²) in [5, 5.41) is 2.93. The Hall–Kier alpha value is -2.87. The molecule has 27 heavy (non-hydrogen) atoms. The van der Waals surface area contributed by atoms with Crippen molar-refractivity contribution >= 4 is 29.2 Å². The van der Waals surface area contributed by atoms with Crippen LogP contribution in [0.1, 0.15) is 17.3 Å². The van der Waals surface area contributed by atoms with Gasteiger partial charge in [-0.3, -0.25) is 4.79 Å². The molecule has 9 heteroatoms. The average molecular weight is 400 g/mol. The number of benzene rings is 2. The lowest BCUT2D eigenvalue weighted by Crippen LogP contribution is -2.30. The molecule has 0 saturated heterocycles. The van der Waals surface area contributed by atoms with E-state index in [1.54, 1.807) is 12.1 Å². The highest BCUT2D eigenvalue weighted by Gasteiger charge is 2.21. The first-order valence-electron chi connectivity index (χ1n) is 7.70. The van der Waals surface area contributed by atoms with Gasteiger partial charge in [0, 0.05) is 5.02 Å². The fourth-order valence-electron chi connectivity index (χ4n) is 2.09. The average Bonchev–Trinajstić information content (AvgIpc) is 2.61. The standard InChI is InChI=1S/C18H16ClF2NO5/c1-10(16(23)22-14-9-12(19)6-7-15(14)25-2)26-17(24)11-4-3-5-13(8-11)27-18(20)21/h3-10,18H,1-2H3,(H,22,23)/t10-/m1/s1. The first-order chi connectivity index (χ1) is 12.8. The van der Waals surface area contributed by atoms with Crippen LogP contribution in [0.3, 0.4) is 0 Å². The number of anilines is 1. The van der Waals surface area contributed by atoms with Gasteiger partial charge in [-0.1, -0.05) is 17.7 Å². The van der Waals surface area contributed by atoms with Crippen LogP contribution in [0.15, 0.2) is 42.5 Å². The molecule has 0 aromatic heterocycles. The van der Waals surface area contributed by atoms with E-state index in [-0.39, 0.29) is 11.3 Å². The molecule has 0 radical (unpaired) electrons. The highest BCUT2D eigenvalue weighted by atomic mass is 35.5. The molecule has 0 unspecified atom stereocenters. The van der Waals surface area contributed by atoms with Crippen LogP contribution in [-0.2, 0) is 9.53 Å². The van der Waals surface area contributed by atoms with Gasteiger partial charge in [0.05, 0.1) is 18.4 Å². The monoisotopic (exact) mass is 399 g/mol. The van der Waals surface area contributed by atoms with Gasteiger partial charge in [0.15, 0.2) is 6.10 Å². The van der Waals surface area contributed by atoms with Crippen LogP contribution in [0.5, 0.6) is 11.5 Å². The van der Waals surface area contributed by atoms with Crippen molar-refractivity contribution < 1.29 is 32.6 Å². The van der Waals surface area contributed by atoms with Crippen LogP contribution in [0.4, 0.5) is 14.5 Å². The van der Waals surface area contributed by atoms with Crippen LogP contribution in [0.2, 0.25) is 5.02 Å². The predicted octanol–water partition coefficient (Wildman–Crippen LogP) is 4.13. The summed E-state index contributed by atoms with van der Waals surface area (Å²) >= 11 is 5.89. The third-order valence-electron chi connectivity index (χ3n) is 3.37. The number of amides is 1. The molecule has 0 bridgehead atoms. The zero-order chi connectivity index (χ0) is 20.0. The number of hydrogen-bond donors (Lipinski definition) is 1. The Morgan fingerprint density at radius 1 is 1.15 bits per heavy atom. The van der Waals surface area contributed by atoms with E-state index in [1.807, 2.05) is 0 Å². The Labute approximate surface area is 159 Å². The summed E-state index contributed by atoms with van der Waals surface area (Å²) < 4.78 is 38.9. The molecule has 1 amide bonds. The van der Waals surface area contributed by atoms with E-state index in [1.165, 1.54) is 38.3 Å². The second kappa shape index (κ2) is 9.18. The summed E-state index contributed by atoms with van der Waals surface area (Å²) in [4.78, 5) is 24.4. The molecule has 6 nitrogen and oxygen atoms in total. The van der Waals surface area contributed by atoms with Gasteiger partial charge in [-0.25, -0.2) is 4.79 Å². The minimum atomic E-state index is -3.02. The highest BCUT2D eigenvalue weighted by molar-refractivity contribution is 6.31. The van der Waals surface area contributed by atoms with Crippen LogP contribution in [0, 0.1) is 0 Å². The van der Waals surface area contributed by atoms with Gasteiger partial charge in [0.2, 0.25) is 0 Å². The molecular formula is C18H16ClF2NO5. The molecule has 2 aromatic carbocycles. The lowest BCUT2D eigenvalue weighted by atomic mass is 10.2. The molecule has 0 saturated carbocycles. The fraction of sp³-hybridized carbons (Fsp3) is 0.222. The van der Waals surface area contributed by atoms with Gasteiger partial charge in [-0.05, 0) is 43.3 Å². The van der Waals surface area contributed by atoms with Crippen molar-refractivity contribution in [3.05, 3.63) is 53.1 Å². The van der Waals surface area contributed by atoms with Gasteiger partial charge in [-0.15, -0.1) is 0 Å². The number of methoxy groups -OCH3 is 1. The first-order valence-corrected chi connectivity index (χ1v) is 8.08. The van der Waals surface area contributed by atoms with Crippen molar-refractivity contribution in [1.82, 2.24) is 0 Å². The van der Waals surface area contributed by atoms with E-state index in [0.29, 0.717) is 16.5 Å². The molecule has 0 fully saturated rings. The van der Waals surface area contributed by atoms with Crippen molar-refractivity contribution in [2.45, 2.75) is 19.6 Å². The number of carbonyl (C=O) groups is 2. The molecule has 0 heterocycles. The number of esters is 1. The van der Waals surface area contributed by atoms with E-state index in [4.69, 9.17) is 21.1 Å². The van der Waals surface area contributed by atoms with Crippen molar-refractivity contribution in [2.75, 3.05) is 12.4 Å². The predicted molar refractivity (Wildman–Crippen MR) is 94.6 cm³/mol. The molecule has 1 atom stereocenters. The third kappa shape index (κ3) is 5.82. The van der Waals surface area contributed by atoms with Gasteiger partial charge in [-0.2, -0.15) is 8.78 Å². The smallest absolute Gasteiger partial charge is 0.387 e. The van der Waals surface area contributed by atoms with E-state index < -0.39 is 24.6 Å². The topological polar surface area (TPSA) is 73.9 Å². The largest absolute Gasteiger partial charge is 0.495 e. The normalized spacial score (nSPS) is 11.6. The van der Waals surface area contributed by atoms with E-state index in [0.717, 1.165) is 6.07 Å². The van der Waals surface area contributed by atoms with Crippen molar-refractivity contribution in [1.29, 1.82) is 0 Å². The van der Waals surface area contributed by atoms with Crippen LogP contribution >= 0.6 is 11.6 Å². The minimum Gasteiger partial charge on any atom is -0.495 e. The number of alkyl halides is 2. The zero-order valence-corrected chi connectivity index (χ0v) is 15.1. The summed E-state index contributed by atoms with van der Waals surface area (Å²) in [5.41, 5.74) is 0.276. The first kappa shape index (κ1) is 20.4. The number of nitrogens with one attached hydrogen (secondary N) is 1. The second-order valence-corrected chi connectivity index (χ2v) is 5.72. The molecular weight excluding hydrogens is 384 g/mol. The number of hydrogen-bond acceptors (Lipinski definition) is 5. The van der Waals surface area contributed by atoms with Gasteiger partial charge in [0.1, 0.15) is 11.5 Å². The van der Waals surface area contributed by atoms with Crippen LogP contribution < -0.4 is 14.8 Å². The summed E-state index contributed by atoms with van der Waals surface area (Å²) in [7, 11) is 1.43. The third-order valence-corrected chi connectivity index (χ3v) is 3.60. The Morgan fingerprint density at radius 2 is 1.89 bits per heavy atom. The van der Waals surface area contributed by atoms with Crippen molar-refractivity contribution in [3.8, 4) is 11.5 Å². The summed E-state index contributed by atoms with van der Waals surface area (Å²) in [5.74, 6) is -1.30. The summed E-state index contributed by atoms with van der Waals surface area (Å²) in [6.07, 6.45) is -1.17. The number of halogens is 3. The van der Waals surface area contributed by atoms with Crippen LogP contribution in [0.25, 0.3) is 0 Å². The Bertz CT molecular complexity index is 831. The van der Waals surface area contributed by atoms with Crippen molar-refractivity contribution in [3.63, 3.8) is 0 Å². The summed E-state index contributed by atoms with van der Waals surface area (Å²) in [6, 6.07) is 9.72. The molecule has 144 valence electrons. The van der Waals surface area contributed by atoms with Crippen molar-refractivity contribution in [2.24, 2.45) is 0 Å². The maximum Gasteiger partial charge on any atom is 0.387 e. The summed E-state index contributed by atoms with van der Waals surface area (Å²) in [6.45, 7) is -1.65. The fourth-order valence-corrected chi connectivity index (χ4v) is 2.27. The molecule has 2 rings (SSSR count). The molecule has 2 aromatic rings. The lowest BCUT2D eigenvalue weighted by Gasteiger charge is -2.15. The molecule has 0 spiro atoms. The molecule has 0 aliphatic rings. The second-order valence-electron chi connectivity index (χ2n) is 5.29. The van der Waals surface area contributed by atoms with E-state index >= 15 is 0 Å². The Kier molecular flexibility index (Phi) is 6.95. The SMILES string of the molecule is COc1ccc(Cl)cc1NC(=O)[C@@H](C)OC(=O)c1cccc(OC(F)F)c1. The number of rotatable bonds is 7. The number of carbonyl (C=O) groups excluding carboxylic acids is 2. The quantitative estimate of drug-likeness (QED) is 0.708. The molecule has 0 aliphatic carbocycles. The van der Waals surface area contributed by atoms with E-state index in [9.17, 15) is 18.4 Å². The van der Waals surface area contributed by atoms with Gasteiger partial charge in [0.25, 0.3) is 5.91 Å². The van der Waals surface area contributed by atoms with Gasteiger partial charge < -0.3 is 19.5 Å².